The maximum atomic E-state index is 14.7. The highest BCUT2D eigenvalue weighted by Gasteiger charge is 2.28. The van der Waals surface area contributed by atoms with Crippen molar-refractivity contribution in [2.24, 2.45) is 0 Å². The molecular weight excluding hydrogens is 590 g/mol. The topological polar surface area (TPSA) is 123 Å². The van der Waals surface area contributed by atoms with Crippen molar-refractivity contribution in [1.82, 2.24) is 24.7 Å². The summed E-state index contributed by atoms with van der Waals surface area (Å²) in [5, 5.41) is 3.29. The first-order valence-corrected chi connectivity index (χ1v) is 15.1. The Morgan fingerprint density at radius 1 is 0.977 bits per heavy atom. The molecule has 0 saturated carbocycles. The highest BCUT2D eigenvalue weighted by atomic mass is 32.2. The molecule has 44 heavy (non-hydrogen) atoms. The standard InChI is InChI=1S/C31H22F2N6O4S/c1-34-30(40)26-20-13-19(29(38(2)44(3,41)42)37-31(20)43-28(26)16-7-9-17(32)10-8-16)22-11-12-23-27(36-22)25-14-18-21(33)5-4-6-24(18)39(25)15-35-23/h4-15H,1-3H3,(H,34,40). The number of furan rings is 1. The molecule has 0 radical (unpaired) electrons. The molecule has 1 amide bonds. The average molecular weight is 613 g/mol. The van der Waals surface area contributed by atoms with Crippen molar-refractivity contribution >= 4 is 60.3 Å². The quantitative estimate of drug-likeness (QED) is 0.271. The summed E-state index contributed by atoms with van der Waals surface area (Å²) < 4.78 is 62.6. The largest absolute Gasteiger partial charge is 0.437 e. The molecular formula is C31H22F2N6O4S. The van der Waals surface area contributed by atoms with Crippen LogP contribution in [-0.4, -0.2) is 54.0 Å². The third kappa shape index (κ3) is 4.23. The minimum Gasteiger partial charge on any atom is -0.437 e. The third-order valence-corrected chi connectivity index (χ3v) is 8.72. The number of carbonyl (C=O) groups excluding carboxylic acids is 1. The van der Waals surface area contributed by atoms with E-state index in [1.54, 1.807) is 47.1 Å². The summed E-state index contributed by atoms with van der Waals surface area (Å²) in [5.74, 6) is -1.20. The number of aromatic nitrogens is 4. The van der Waals surface area contributed by atoms with E-state index in [1.807, 2.05) is 0 Å². The van der Waals surface area contributed by atoms with Gasteiger partial charge in [-0.25, -0.2) is 27.2 Å². The van der Waals surface area contributed by atoms with Crippen LogP contribution in [-0.2, 0) is 10.0 Å². The summed E-state index contributed by atoms with van der Waals surface area (Å²) in [6.45, 7) is 0. The highest BCUT2D eigenvalue weighted by molar-refractivity contribution is 7.92. The smallest absolute Gasteiger partial charge is 0.255 e. The number of anilines is 1. The summed E-state index contributed by atoms with van der Waals surface area (Å²) in [7, 11) is -1.00. The number of hydrogen-bond donors (Lipinski definition) is 1. The number of rotatable bonds is 5. The van der Waals surface area contributed by atoms with Crippen LogP contribution in [0.2, 0.25) is 0 Å². The molecule has 0 spiro atoms. The number of pyridine rings is 2. The van der Waals surface area contributed by atoms with Crippen molar-refractivity contribution in [3.05, 3.63) is 90.3 Å². The Hall–Kier alpha value is -5.43. The van der Waals surface area contributed by atoms with Crippen LogP contribution >= 0.6 is 0 Å². The van der Waals surface area contributed by atoms with E-state index in [0.717, 1.165) is 10.6 Å². The zero-order valence-electron chi connectivity index (χ0n) is 23.5. The SMILES string of the molecule is CNC(=O)c1c(-c2ccc(F)cc2)oc2nc(N(C)S(C)(=O)=O)c(-c3ccc4ncn5c6cccc(F)c6cc5c4n3)cc12. The normalized spacial score (nSPS) is 12.0. The van der Waals surface area contributed by atoms with Gasteiger partial charge in [0, 0.05) is 30.6 Å². The number of carbonyl (C=O) groups is 1. The zero-order chi connectivity index (χ0) is 30.9. The van der Waals surface area contributed by atoms with E-state index in [2.05, 4.69) is 15.3 Å². The van der Waals surface area contributed by atoms with Crippen LogP contribution in [0.15, 0.2) is 77.5 Å². The highest BCUT2D eigenvalue weighted by Crippen LogP contribution is 2.39. The molecule has 5 aromatic heterocycles. The van der Waals surface area contributed by atoms with E-state index in [4.69, 9.17) is 9.40 Å². The Morgan fingerprint density at radius 3 is 2.48 bits per heavy atom. The van der Waals surface area contributed by atoms with Gasteiger partial charge in [-0.2, -0.15) is 4.98 Å². The Kier molecular flexibility index (Phi) is 6.11. The molecule has 0 fully saturated rings. The fourth-order valence-electron chi connectivity index (χ4n) is 5.29. The number of fused-ring (bicyclic) bond motifs is 6. The molecule has 0 bridgehead atoms. The predicted octanol–water partition coefficient (Wildman–Crippen LogP) is 5.54. The fraction of sp³-hybridized carbons (Fsp3) is 0.0968. The number of halogens is 2. The van der Waals surface area contributed by atoms with E-state index in [0.29, 0.717) is 38.7 Å². The first-order valence-electron chi connectivity index (χ1n) is 13.3. The monoisotopic (exact) mass is 612 g/mol. The van der Waals surface area contributed by atoms with Gasteiger partial charge in [-0.15, -0.1) is 0 Å². The van der Waals surface area contributed by atoms with Crippen LogP contribution < -0.4 is 9.62 Å². The van der Waals surface area contributed by atoms with Gasteiger partial charge in [0.05, 0.1) is 39.4 Å². The van der Waals surface area contributed by atoms with Crippen LogP contribution in [0, 0.1) is 11.6 Å². The molecule has 1 N–H and O–H groups in total. The van der Waals surface area contributed by atoms with Crippen LogP contribution in [0.4, 0.5) is 14.6 Å². The number of sulfonamides is 1. The molecule has 2 aromatic carbocycles. The van der Waals surface area contributed by atoms with Crippen molar-refractivity contribution in [1.29, 1.82) is 0 Å². The van der Waals surface area contributed by atoms with Crippen molar-refractivity contribution in [2.75, 3.05) is 24.7 Å². The Morgan fingerprint density at radius 2 is 1.75 bits per heavy atom. The molecule has 5 heterocycles. The molecule has 0 aliphatic heterocycles. The van der Waals surface area contributed by atoms with Gasteiger partial charge in [-0.1, -0.05) is 6.07 Å². The van der Waals surface area contributed by atoms with Gasteiger partial charge >= 0.3 is 0 Å². The van der Waals surface area contributed by atoms with Crippen LogP contribution in [0.25, 0.3) is 61.1 Å². The molecule has 13 heteroatoms. The molecule has 7 rings (SSSR count). The van der Waals surface area contributed by atoms with Gasteiger partial charge in [0.1, 0.15) is 29.2 Å². The molecule has 10 nitrogen and oxygen atoms in total. The van der Waals surface area contributed by atoms with Crippen molar-refractivity contribution in [3.8, 4) is 22.6 Å². The number of benzene rings is 2. The summed E-state index contributed by atoms with van der Waals surface area (Å²) >= 11 is 0. The number of hydrogen-bond acceptors (Lipinski definition) is 7. The average Bonchev–Trinajstić information content (AvgIpc) is 3.59. The lowest BCUT2D eigenvalue weighted by Crippen LogP contribution is -2.26. The van der Waals surface area contributed by atoms with Gasteiger partial charge in [0.25, 0.3) is 5.91 Å². The van der Waals surface area contributed by atoms with Gasteiger partial charge in [-0.05, 0) is 60.7 Å². The second-order valence-electron chi connectivity index (χ2n) is 10.2. The Labute approximate surface area is 248 Å². The summed E-state index contributed by atoms with van der Waals surface area (Å²) in [4.78, 5) is 27.1. The summed E-state index contributed by atoms with van der Waals surface area (Å²) in [5.41, 5.74) is 3.35. The first kappa shape index (κ1) is 27.4. The molecule has 7 aromatic rings. The molecule has 0 aliphatic carbocycles. The zero-order valence-corrected chi connectivity index (χ0v) is 24.3. The Bertz CT molecular complexity index is 2420. The Balaban J connectivity index is 1.54. The van der Waals surface area contributed by atoms with Crippen LogP contribution in [0.3, 0.4) is 0 Å². The van der Waals surface area contributed by atoms with Crippen molar-refractivity contribution < 1.29 is 26.4 Å². The van der Waals surface area contributed by atoms with E-state index >= 15 is 0 Å². The number of nitrogens with zero attached hydrogens (tertiary/aromatic N) is 5. The summed E-state index contributed by atoms with van der Waals surface area (Å²) in [6.07, 6.45) is 2.63. The molecule has 0 saturated heterocycles. The molecule has 0 atom stereocenters. The predicted molar refractivity (Wildman–Crippen MR) is 163 cm³/mol. The third-order valence-electron chi connectivity index (χ3n) is 7.55. The van der Waals surface area contributed by atoms with E-state index < -0.39 is 21.7 Å². The molecule has 0 unspecified atom stereocenters. The van der Waals surface area contributed by atoms with Gasteiger partial charge < -0.3 is 9.73 Å². The fourth-order valence-corrected chi connectivity index (χ4v) is 5.74. The molecule has 0 aliphatic rings. The van der Waals surface area contributed by atoms with Gasteiger partial charge in [-0.3, -0.25) is 13.5 Å². The van der Waals surface area contributed by atoms with E-state index in [9.17, 15) is 22.0 Å². The number of nitrogens with one attached hydrogen (secondary N) is 1. The second kappa shape index (κ2) is 9.81. The second-order valence-corrected chi connectivity index (χ2v) is 12.2. The van der Waals surface area contributed by atoms with Crippen LogP contribution in [0.1, 0.15) is 10.4 Å². The maximum absolute atomic E-state index is 14.7. The lowest BCUT2D eigenvalue weighted by atomic mass is 10.0. The van der Waals surface area contributed by atoms with Crippen molar-refractivity contribution in [2.45, 2.75) is 0 Å². The lowest BCUT2D eigenvalue weighted by Gasteiger charge is -2.19. The molecule has 220 valence electrons. The van der Waals surface area contributed by atoms with E-state index in [-0.39, 0.29) is 39.6 Å². The lowest BCUT2D eigenvalue weighted by molar-refractivity contribution is 0.0964. The van der Waals surface area contributed by atoms with Gasteiger partial charge in [0.15, 0.2) is 5.82 Å². The van der Waals surface area contributed by atoms with E-state index in [1.165, 1.54) is 44.4 Å². The van der Waals surface area contributed by atoms with Crippen LogP contribution in [0.5, 0.6) is 0 Å². The number of amides is 1. The first-order chi connectivity index (χ1) is 21.0. The minimum atomic E-state index is -3.81. The van der Waals surface area contributed by atoms with Gasteiger partial charge in [0.2, 0.25) is 15.7 Å². The summed E-state index contributed by atoms with van der Waals surface area (Å²) in [6, 6.07) is 16.8. The maximum Gasteiger partial charge on any atom is 0.255 e. The minimum absolute atomic E-state index is 0.00112. The van der Waals surface area contributed by atoms with Crippen molar-refractivity contribution in [3.63, 3.8) is 0 Å².